The molecule has 0 bridgehead atoms. The number of carbonyl (C=O) groups is 1. The zero-order valence-corrected chi connectivity index (χ0v) is 14.9. The second-order valence-corrected chi connectivity index (χ2v) is 7.33. The summed E-state index contributed by atoms with van der Waals surface area (Å²) in [6.07, 6.45) is -1.03. The summed E-state index contributed by atoms with van der Waals surface area (Å²) >= 11 is 0. The fourth-order valence-corrected chi connectivity index (χ4v) is 3.51. The van der Waals surface area contributed by atoms with Gasteiger partial charge in [-0.25, -0.2) is 13.2 Å². The molecule has 0 aromatic heterocycles. The number of ether oxygens (including phenoxy) is 3. The summed E-state index contributed by atoms with van der Waals surface area (Å²) in [6.45, 7) is 0. The minimum absolute atomic E-state index is 0.0179. The van der Waals surface area contributed by atoms with Gasteiger partial charge in [-0.2, -0.15) is 0 Å². The molecule has 6 nitrogen and oxygen atoms in total. The van der Waals surface area contributed by atoms with Gasteiger partial charge >= 0.3 is 5.97 Å². The Bertz CT molecular complexity index is 784. The third-order valence-electron chi connectivity index (χ3n) is 3.55. The van der Waals surface area contributed by atoms with Crippen LogP contribution in [-0.2, 0) is 19.4 Å². The first kappa shape index (κ1) is 18.8. The number of hydrogen-bond donors (Lipinski definition) is 0. The lowest BCUT2D eigenvalue weighted by Crippen LogP contribution is -2.31. The van der Waals surface area contributed by atoms with Crippen LogP contribution in [0.25, 0.3) is 0 Å². The molecule has 134 valence electrons. The van der Waals surface area contributed by atoms with Gasteiger partial charge in [0.25, 0.3) is 0 Å². The summed E-state index contributed by atoms with van der Waals surface area (Å²) in [5.74, 6) is 0.216. The van der Waals surface area contributed by atoms with Crippen molar-refractivity contribution in [1.29, 1.82) is 0 Å². The van der Waals surface area contributed by atoms with Crippen LogP contribution in [0.15, 0.2) is 59.5 Å². The van der Waals surface area contributed by atoms with Crippen molar-refractivity contribution >= 4 is 15.8 Å². The Balaban J connectivity index is 2.08. The first-order valence-corrected chi connectivity index (χ1v) is 9.28. The molecule has 0 saturated carbocycles. The van der Waals surface area contributed by atoms with Crippen LogP contribution in [0.2, 0.25) is 0 Å². The smallest absolute Gasteiger partial charge is 0.347 e. The highest BCUT2D eigenvalue weighted by Crippen LogP contribution is 2.20. The van der Waals surface area contributed by atoms with Crippen molar-refractivity contribution in [3.63, 3.8) is 0 Å². The predicted molar refractivity (Wildman–Crippen MR) is 92.5 cm³/mol. The van der Waals surface area contributed by atoms with Crippen LogP contribution >= 0.6 is 0 Å². The molecule has 25 heavy (non-hydrogen) atoms. The molecule has 0 amide bonds. The van der Waals surface area contributed by atoms with Gasteiger partial charge in [-0.15, -0.1) is 0 Å². The molecule has 0 aliphatic carbocycles. The summed E-state index contributed by atoms with van der Waals surface area (Å²) in [5.41, 5.74) is 0. The predicted octanol–water partition coefficient (Wildman–Crippen LogP) is 2.48. The van der Waals surface area contributed by atoms with Crippen LogP contribution in [0.3, 0.4) is 0 Å². The maximum Gasteiger partial charge on any atom is 0.347 e. The first-order valence-electron chi connectivity index (χ1n) is 7.62. The van der Waals surface area contributed by atoms with Crippen LogP contribution in [0.1, 0.15) is 6.42 Å². The third kappa shape index (κ3) is 5.22. The van der Waals surface area contributed by atoms with Gasteiger partial charge in [0.05, 0.1) is 24.9 Å². The summed E-state index contributed by atoms with van der Waals surface area (Å²) in [7, 11) is -0.730. The van der Waals surface area contributed by atoms with Crippen LogP contribution < -0.4 is 9.47 Å². The number of esters is 1. The van der Waals surface area contributed by atoms with Gasteiger partial charge in [-0.3, -0.25) is 0 Å². The zero-order chi connectivity index (χ0) is 18.3. The second kappa shape index (κ2) is 8.53. The minimum Gasteiger partial charge on any atom is -0.497 e. The van der Waals surface area contributed by atoms with Crippen molar-refractivity contribution < 1.29 is 27.4 Å². The Morgan fingerprint density at radius 1 is 0.960 bits per heavy atom. The Kier molecular flexibility index (Phi) is 6.41. The monoisotopic (exact) mass is 364 g/mol. The van der Waals surface area contributed by atoms with Gasteiger partial charge in [-0.05, 0) is 36.4 Å². The van der Waals surface area contributed by atoms with E-state index in [9.17, 15) is 13.2 Å². The van der Waals surface area contributed by atoms with E-state index in [1.807, 2.05) is 0 Å². The highest BCUT2D eigenvalue weighted by atomic mass is 32.2. The lowest BCUT2D eigenvalue weighted by atomic mass is 10.2. The standard InChI is InChI=1S/C18H20O6S/c1-22-14-8-10-15(11-9-14)24-17(18(19)23-2)12-13-25(20,21)16-6-4-3-5-7-16/h3-11,17H,12-13H2,1-2H3. The average Bonchev–Trinajstić information content (AvgIpc) is 2.65. The van der Waals surface area contributed by atoms with Crippen LogP contribution in [0.5, 0.6) is 11.5 Å². The summed E-state index contributed by atoms with van der Waals surface area (Å²) < 4.78 is 40.1. The van der Waals surface area contributed by atoms with Crippen molar-refractivity contribution in [3.05, 3.63) is 54.6 Å². The van der Waals surface area contributed by atoms with Crippen molar-refractivity contribution in [1.82, 2.24) is 0 Å². The molecule has 2 aromatic rings. The van der Waals surface area contributed by atoms with Gasteiger partial charge < -0.3 is 14.2 Å². The van der Waals surface area contributed by atoms with Gasteiger partial charge in [0, 0.05) is 6.42 Å². The largest absolute Gasteiger partial charge is 0.497 e. The van der Waals surface area contributed by atoms with Crippen LogP contribution in [0.4, 0.5) is 0 Å². The highest BCUT2D eigenvalue weighted by molar-refractivity contribution is 7.91. The van der Waals surface area contributed by atoms with Gasteiger partial charge in [0.1, 0.15) is 11.5 Å². The topological polar surface area (TPSA) is 78.9 Å². The Morgan fingerprint density at radius 3 is 2.12 bits per heavy atom. The molecule has 0 fully saturated rings. The van der Waals surface area contributed by atoms with E-state index in [4.69, 9.17) is 14.2 Å². The molecule has 7 heteroatoms. The molecule has 1 atom stereocenters. The van der Waals surface area contributed by atoms with Crippen molar-refractivity contribution in [3.8, 4) is 11.5 Å². The molecule has 0 aliphatic heterocycles. The Labute approximate surface area is 147 Å². The molecule has 2 aromatic carbocycles. The van der Waals surface area contributed by atoms with Crippen molar-refractivity contribution in [2.45, 2.75) is 17.4 Å². The lowest BCUT2D eigenvalue weighted by Gasteiger charge is -2.17. The van der Waals surface area contributed by atoms with E-state index in [-0.39, 0.29) is 17.1 Å². The first-order chi connectivity index (χ1) is 12.0. The van der Waals surface area contributed by atoms with E-state index in [0.717, 1.165) is 0 Å². The summed E-state index contributed by atoms with van der Waals surface area (Å²) in [5, 5.41) is 0. The number of benzene rings is 2. The van der Waals surface area contributed by atoms with Gasteiger partial charge in [0.2, 0.25) is 0 Å². The maximum atomic E-state index is 12.4. The normalized spacial score (nSPS) is 12.2. The molecule has 0 aliphatic rings. The van der Waals surface area contributed by atoms with E-state index < -0.39 is 21.9 Å². The SMILES string of the molecule is COC(=O)C(CCS(=O)(=O)c1ccccc1)Oc1ccc(OC)cc1. The number of sulfone groups is 1. The minimum atomic E-state index is -3.51. The highest BCUT2D eigenvalue weighted by Gasteiger charge is 2.25. The molecular formula is C18H20O6S. The number of carbonyl (C=O) groups excluding carboxylic acids is 1. The Morgan fingerprint density at radius 2 is 1.56 bits per heavy atom. The summed E-state index contributed by atoms with van der Waals surface area (Å²) in [6, 6.07) is 14.7. The molecule has 0 saturated heterocycles. The maximum absolute atomic E-state index is 12.4. The number of methoxy groups -OCH3 is 2. The molecule has 2 rings (SSSR count). The fourth-order valence-electron chi connectivity index (χ4n) is 2.18. The molecule has 0 spiro atoms. The van der Waals surface area contributed by atoms with Gasteiger partial charge in [-0.1, -0.05) is 18.2 Å². The second-order valence-electron chi connectivity index (χ2n) is 5.23. The van der Waals surface area contributed by atoms with E-state index in [2.05, 4.69) is 0 Å². The lowest BCUT2D eigenvalue weighted by molar-refractivity contribution is -0.148. The molecule has 0 N–H and O–H groups in total. The molecule has 1 unspecified atom stereocenters. The molecule has 0 radical (unpaired) electrons. The van der Waals surface area contributed by atoms with E-state index in [0.29, 0.717) is 11.5 Å². The van der Waals surface area contributed by atoms with Crippen LogP contribution in [0, 0.1) is 0 Å². The zero-order valence-electron chi connectivity index (χ0n) is 14.0. The van der Waals surface area contributed by atoms with Crippen molar-refractivity contribution in [2.75, 3.05) is 20.0 Å². The van der Waals surface area contributed by atoms with Crippen molar-refractivity contribution in [2.24, 2.45) is 0 Å². The molecule has 0 heterocycles. The number of hydrogen-bond acceptors (Lipinski definition) is 6. The Hall–Kier alpha value is -2.54. The van der Waals surface area contributed by atoms with E-state index >= 15 is 0 Å². The van der Waals surface area contributed by atoms with Gasteiger partial charge in [0.15, 0.2) is 15.9 Å². The fraction of sp³-hybridized carbons (Fsp3) is 0.278. The quantitative estimate of drug-likeness (QED) is 0.670. The third-order valence-corrected chi connectivity index (χ3v) is 5.32. The summed E-state index contributed by atoms with van der Waals surface area (Å²) in [4.78, 5) is 12.1. The molecular weight excluding hydrogens is 344 g/mol. The number of rotatable bonds is 8. The average molecular weight is 364 g/mol. The van der Waals surface area contributed by atoms with E-state index in [1.54, 1.807) is 49.6 Å². The van der Waals surface area contributed by atoms with E-state index in [1.165, 1.54) is 19.2 Å². The van der Waals surface area contributed by atoms with Crippen LogP contribution in [-0.4, -0.2) is 40.5 Å².